The number of benzene rings is 1. The topological polar surface area (TPSA) is 59.3 Å². The van der Waals surface area contributed by atoms with Gasteiger partial charge in [0, 0.05) is 31.9 Å². The molecule has 0 unspecified atom stereocenters. The third kappa shape index (κ3) is 4.55. The Balaban J connectivity index is 1.45. The summed E-state index contributed by atoms with van der Waals surface area (Å²) in [6, 6.07) is 9.21. The minimum Gasteiger partial charge on any atom is -0.497 e. The summed E-state index contributed by atoms with van der Waals surface area (Å²) in [6.45, 7) is 6.40. The second kappa shape index (κ2) is 9.57. The van der Waals surface area contributed by atoms with Crippen molar-refractivity contribution in [2.24, 2.45) is 0 Å². The van der Waals surface area contributed by atoms with Crippen LogP contribution in [0, 0.1) is 0 Å². The van der Waals surface area contributed by atoms with Crippen LogP contribution in [0.1, 0.15) is 69.8 Å². The predicted molar refractivity (Wildman–Crippen MR) is 114 cm³/mol. The number of unbranched alkanes of at least 4 members (excludes halogenated alkanes) is 1. The van der Waals surface area contributed by atoms with Gasteiger partial charge < -0.3 is 9.64 Å². The van der Waals surface area contributed by atoms with Crippen molar-refractivity contribution in [2.45, 2.75) is 64.0 Å². The van der Waals surface area contributed by atoms with Crippen LogP contribution in [0.25, 0.3) is 0 Å². The van der Waals surface area contributed by atoms with Crippen LogP contribution in [-0.4, -0.2) is 58.4 Å². The Kier molecular flexibility index (Phi) is 6.64. The van der Waals surface area contributed by atoms with Crippen LogP contribution >= 0.6 is 0 Å². The summed E-state index contributed by atoms with van der Waals surface area (Å²) >= 11 is 0. The highest BCUT2D eigenvalue weighted by Crippen LogP contribution is 2.33. The van der Waals surface area contributed by atoms with Crippen LogP contribution in [0.4, 0.5) is 5.69 Å². The fourth-order valence-corrected chi connectivity index (χ4v) is 4.79. The maximum Gasteiger partial charge on any atom is 0.168 e. The van der Waals surface area contributed by atoms with E-state index in [4.69, 9.17) is 4.74 Å². The molecule has 4 rings (SSSR count). The molecule has 7 nitrogen and oxygen atoms in total. The number of piperazine rings is 1. The van der Waals surface area contributed by atoms with E-state index < -0.39 is 0 Å². The molecule has 2 heterocycles. The van der Waals surface area contributed by atoms with E-state index in [0.717, 1.165) is 44.2 Å². The molecule has 7 heteroatoms. The van der Waals surface area contributed by atoms with E-state index in [1.807, 2.05) is 12.1 Å². The number of aromatic nitrogens is 4. The number of anilines is 1. The highest BCUT2D eigenvalue weighted by atomic mass is 16.5. The molecule has 2 fully saturated rings. The molecular formula is C22H34N6O. The van der Waals surface area contributed by atoms with Gasteiger partial charge in [0.25, 0.3) is 0 Å². The lowest BCUT2D eigenvalue weighted by Gasteiger charge is -2.40. The average molecular weight is 399 g/mol. The van der Waals surface area contributed by atoms with E-state index in [1.54, 1.807) is 7.11 Å². The molecule has 2 aromatic rings. The predicted octanol–water partition coefficient (Wildman–Crippen LogP) is 3.85. The molecule has 1 saturated heterocycles. The van der Waals surface area contributed by atoms with Crippen molar-refractivity contribution in [1.82, 2.24) is 25.1 Å². The number of hydrogen-bond donors (Lipinski definition) is 0. The first-order valence-electron chi connectivity index (χ1n) is 11.2. The number of ether oxygens (including phenoxy) is 1. The lowest BCUT2D eigenvalue weighted by molar-refractivity contribution is 0.160. The third-order valence-electron chi connectivity index (χ3n) is 6.51. The highest BCUT2D eigenvalue weighted by Gasteiger charge is 2.31. The van der Waals surface area contributed by atoms with Crippen LogP contribution in [0.15, 0.2) is 24.3 Å². The smallest absolute Gasteiger partial charge is 0.168 e. The maximum absolute atomic E-state index is 5.29. The molecule has 158 valence electrons. The van der Waals surface area contributed by atoms with Gasteiger partial charge in [-0.15, -0.1) is 5.10 Å². The standard InChI is InChI=1S/C22H34N6O/c1-3-4-9-21(22-23-24-25-28(22)19-7-5-6-8-19)27-16-14-26(15-17-27)18-10-12-20(29-2)13-11-18/h10-13,19,21H,3-9,14-17H2,1-2H3/t21-/m1/s1. The number of nitrogens with zero attached hydrogens (tertiary/aromatic N) is 6. The summed E-state index contributed by atoms with van der Waals surface area (Å²) < 4.78 is 7.45. The van der Waals surface area contributed by atoms with Crippen LogP contribution < -0.4 is 9.64 Å². The molecule has 0 spiro atoms. The van der Waals surface area contributed by atoms with Gasteiger partial charge in [-0.3, -0.25) is 4.90 Å². The molecule has 0 bridgehead atoms. The van der Waals surface area contributed by atoms with Gasteiger partial charge in [0.15, 0.2) is 5.82 Å². The summed E-state index contributed by atoms with van der Waals surface area (Å²) in [7, 11) is 1.71. The number of rotatable bonds is 8. The monoisotopic (exact) mass is 398 g/mol. The largest absolute Gasteiger partial charge is 0.497 e. The quantitative estimate of drug-likeness (QED) is 0.673. The zero-order valence-corrected chi connectivity index (χ0v) is 17.8. The first kappa shape index (κ1) is 20.1. The Bertz CT molecular complexity index is 747. The molecule has 1 aromatic carbocycles. The lowest BCUT2D eigenvalue weighted by Crippen LogP contribution is -2.48. The van der Waals surface area contributed by atoms with Crippen LogP contribution in [0.5, 0.6) is 5.75 Å². The Morgan fingerprint density at radius 1 is 1.07 bits per heavy atom. The van der Waals surface area contributed by atoms with Crippen molar-refractivity contribution in [3.8, 4) is 5.75 Å². The van der Waals surface area contributed by atoms with Gasteiger partial charge in [0.1, 0.15) is 5.75 Å². The molecule has 1 aromatic heterocycles. The van der Waals surface area contributed by atoms with Crippen molar-refractivity contribution in [3.05, 3.63) is 30.1 Å². The third-order valence-corrected chi connectivity index (χ3v) is 6.51. The van der Waals surface area contributed by atoms with Gasteiger partial charge >= 0.3 is 0 Å². The van der Waals surface area contributed by atoms with Gasteiger partial charge in [-0.1, -0.05) is 32.6 Å². The molecule has 1 aliphatic carbocycles. The number of methoxy groups -OCH3 is 1. The fourth-order valence-electron chi connectivity index (χ4n) is 4.79. The number of hydrogen-bond acceptors (Lipinski definition) is 6. The first-order valence-corrected chi connectivity index (χ1v) is 11.2. The zero-order valence-electron chi connectivity index (χ0n) is 17.8. The summed E-state index contributed by atoms with van der Waals surface area (Å²) in [5.41, 5.74) is 1.27. The van der Waals surface area contributed by atoms with Gasteiger partial charge in [0.2, 0.25) is 0 Å². The van der Waals surface area contributed by atoms with Crippen LogP contribution in [0.2, 0.25) is 0 Å². The first-order chi connectivity index (χ1) is 14.3. The van der Waals surface area contributed by atoms with E-state index in [9.17, 15) is 0 Å². The molecule has 29 heavy (non-hydrogen) atoms. The van der Waals surface area contributed by atoms with Crippen LogP contribution in [0.3, 0.4) is 0 Å². The molecular weight excluding hydrogens is 364 g/mol. The van der Waals surface area contributed by atoms with Gasteiger partial charge in [-0.2, -0.15) is 0 Å². The van der Waals surface area contributed by atoms with E-state index in [0.29, 0.717) is 12.1 Å². The molecule has 1 atom stereocenters. The second-order valence-electron chi connectivity index (χ2n) is 8.30. The zero-order chi connectivity index (χ0) is 20.1. The van der Waals surface area contributed by atoms with E-state index in [2.05, 4.69) is 49.1 Å². The van der Waals surface area contributed by atoms with Crippen molar-refractivity contribution in [2.75, 3.05) is 38.2 Å². The Labute approximate surface area is 174 Å². The SMILES string of the molecule is CCCC[C@H](c1nnnn1C1CCCC1)N1CCN(c2ccc(OC)cc2)CC1. The fraction of sp³-hybridized carbons (Fsp3) is 0.682. The molecule has 0 amide bonds. The maximum atomic E-state index is 5.29. The summed E-state index contributed by atoms with van der Waals surface area (Å²) in [5.74, 6) is 1.99. The molecule has 1 aliphatic heterocycles. The summed E-state index contributed by atoms with van der Waals surface area (Å²) in [4.78, 5) is 5.07. The van der Waals surface area contributed by atoms with Gasteiger partial charge in [-0.05, 0) is 54.0 Å². The van der Waals surface area contributed by atoms with Crippen LogP contribution in [-0.2, 0) is 0 Å². The Morgan fingerprint density at radius 3 is 2.45 bits per heavy atom. The molecule has 1 saturated carbocycles. The Hall–Kier alpha value is -2.15. The summed E-state index contributed by atoms with van der Waals surface area (Å²) in [5, 5.41) is 13.0. The highest BCUT2D eigenvalue weighted by molar-refractivity contribution is 5.49. The van der Waals surface area contributed by atoms with E-state index in [1.165, 1.54) is 44.2 Å². The normalized spacial score (nSPS) is 19.6. The van der Waals surface area contributed by atoms with Crippen molar-refractivity contribution in [3.63, 3.8) is 0 Å². The second-order valence-corrected chi connectivity index (χ2v) is 8.30. The summed E-state index contributed by atoms with van der Waals surface area (Å²) in [6.07, 6.45) is 8.56. The van der Waals surface area contributed by atoms with E-state index in [-0.39, 0.29) is 0 Å². The molecule has 2 aliphatic rings. The molecule has 0 radical (unpaired) electrons. The minimum absolute atomic E-state index is 0.323. The van der Waals surface area contributed by atoms with Crippen molar-refractivity contribution >= 4 is 5.69 Å². The van der Waals surface area contributed by atoms with E-state index >= 15 is 0 Å². The van der Waals surface area contributed by atoms with Gasteiger partial charge in [0.05, 0.1) is 19.2 Å². The van der Waals surface area contributed by atoms with Crippen molar-refractivity contribution in [1.29, 1.82) is 0 Å². The molecule has 0 N–H and O–H groups in total. The average Bonchev–Trinajstić information content (AvgIpc) is 3.47. The van der Waals surface area contributed by atoms with Crippen molar-refractivity contribution < 1.29 is 4.74 Å². The van der Waals surface area contributed by atoms with Gasteiger partial charge in [-0.25, -0.2) is 4.68 Å². The lowest BCUT2D eigenvalue weighted by atomic mass is 10.1. The Morgan fingerprint density at radius 2 is 1.79 bits per heavy atom. The minimum atomic E-state index is 0.323. The number of tetrazole rings is 1.